The molecule has 0 heterocycles. The number of nitrogens with zero attached hydrogens (tertiary/aromatic N) is 1. The van der Waals surface area contributed by atoms with Gasteiger partial charge in [0.1, 0.15) is 0 Å². The van der Waals surface area contributed by atoms with Crippen LogP contribution in [0.2, 0.25) is 5.02 Å². The highest BCUT2D eigenvalue weighted by Gasteiger charge is 2.15. The van der Waals surface area contributed by atoms with Crippen LogP contribution in [0.5, 0.6) is 0 Å². The Hall–Kier alpha value is -0.650. The SMILES string of the molecule is CCNC(CCN(CCO)CCOC)c1ccccc1Cl. The molecular weight excluding hydrogens is 288 g/mol. The smallest absolute Gasteiger partial charge is 0.0589 e. The normalized spacial score (nSPS) is 12.8. The number of aliphatic hydroxyl groups excluding tert-OH is 1. The molecule has 1 aromatic rings. The van der Waals surface area contributed by atoms with Crippen LogP contribution < -0.4 is 5.32 Å². The van der Waals surface area contributed by atoms with Crippen molar-refractivity contribution in [2.45, 2.75) is 19.4 Å². The number of aliphatic hydroxyl groups is 1. The highest BCUT2D eigenvalue weighted by atomic mass is 35.5. The molecule has 0 spiro atoms. The Bertz CT molecular complexity index is 390. The van der Waals surface area contributed by atoms with Gasteiger partial charge in [-0.05, 0) is 24.6 Å². The standard InChI is InChI=1S/C16H27ClN2O2/c1-3-18-16(14-6-4-5-7-15(14)17)8-9-19(10-12-20)11-13-21-2/h4-7,16,18,20H,3,8-13H2,1-2H3. The zero-order valence-electron chi connectivity index (χ0n) is 13.0. The van der Waals surface area contributed by atoms with E-state index in [9.17, 15) is 0 Å². The van der Waals surface area contributed by atoms with Gasteiger partial charge < -0.3 is 15.2 Å². The summed E-state index contributed by atoms with van der Waals surface area (Å²) in [5, 5.41) is 13.4. The molecule has 21 heavy (non-hydrogen) atoms. The fourth-order valence-electron chi connectivity index (χ4n) is 2.38. The average molecular weight is 315 g/mol. The van der Waals surface area contributed by atoms with Crippen LogP contribution in [0.3, 0.4) is 0 Å². The minimum atomic E-state index is 0.168. The first-order valence-electron chi connectivity index (χ1n) is 7.52. The van der Waals surface area contributed by atoms with Crippen LogP contribution in [0.4, 0.5) is 0 Å². The maximum Gasteiger partial charge on any atom is 0.0589 e. The lowest BCUT2D eigenvalue weighted by Gasteiger charge is -2.25. The van der Waals surface area contributed by atoms with E-state index in [1.807, 2.05) is 18.2 Å². The number of methoxy groups -OCH3 is 1. The quantitative estimate of drug-likeness (QED) is 0.658. The van der Waals surface area contributed by atoms with E-state index in [2.05, 4.69) is 23.2 Å². The van der Waals surface area contributed by atoms with Crippen molar-refractivity contribution in [3.8, 4) is 0 Å². The average Bonchev–Trinajstić information content (AvgIpc) is 2.49. The summed E-state index contributed by atoms with van der Waals surface area (Å²) in [5.41, 5.74) is 1.14. The van der Waals surface area contributed by atoms with Gasteiger partial charge in [-0.25, -0.2) is 0 Å². The molecule has 0 bridgehead atoms. The van der Waals surface area contributed by atoms with Crippen LogP contribution in [0.1, 0.15) is 24.9 Å². The van der Waals surface area contributed by atoms with Crippen LogP contribution in [-0.2, 0) is 4.74 Å². The van der Waals surface area contributed by atoms with Gasteiger partial charge in [-0.2, -0.15) is 0 Å². The molecule has 0 aliphatic carbocycles. The summed E-state index contributed by atoms with van der Waals surface area (Å²) in [6, 6.07) is 8.19. The van der Waals surface area contributed by atoms with Crippen molar-refractivity contribution in [2.24, 2.45) is 0 Å². The maximum absolute atomic E-state index is 9.15. The monoisotopic (exact) mass is 314 g/mol. The molecule has 0 saturated heterocycles. The largest absolute Gasteiger partial charge is 0.395 e. The van der Waals surface area contributed by atoms with Gasteiger partial charge in [0.15, 0.2) is 0 Å². The number of nitrogens with one attached hydrogen (secondary N) is 1. The van der Waals surface area contributed by atoms with E-state index in [0.29, 0.717) is 13.2 Å². The zero-order valence-corrected chi connectivity index (χ0v) is 13.8. The number of hydrogen-bond acceptors (Lipinski definition) is 4. The second-order valence-corrected chi connectivity index (χ2v) is 5.39. The molecule has 0 aliphatic rings. The number of rotatable bonds is 11. The van der Waals surface area contributed by atoms with Crippen molar-refractivity contribution < 1.29 is 9.84 Å². The molecule has 1 aromatic carbocycles. The van der Waals surface area contributed by atoms with Gasteiger partial charge in [-0.3, -0.25) is 4.90 Å². The van der Waals surface area contributed by atoms with Gasteiger partial charge in [0, 0.05) is 37.8 Å². The Morgan fingerprint density at radius 2 is 2.05 bits per heavy atom. The van der Waals surface area contributed by atoms with E-state index >= 15 is 0 Å². The Morgan fingerprint density at radius 1 is 1.29 bits per heavy atom. The van der Waals surface area contributed by atoms with E-state index in [1.165, 1.54) is 0 Å². The zero-order chi connectivity index (χ0) is 15.5. The van der Waals surface area contributed by atoms with Crippen molar-refractivity contribution in [3.05, 3.63) is 34.9 Å². The van der Waals surface area contributed by atoms with Crippen LogP contribution in [-0.4, -0.2) is 56.5 Å². The molecule has 0 amide bonds. The van der Waals surface area contributed by atoms with Crippen LogP contribution >= 0.6 is 11.6 Å². The van der Waals surface area contributed by atoms with Crippen molar-refractivity contribution in [2.75, 3.05) is 46.5 Å². The Labute approximate surface area is 133 Å². The van der Waals surface area contributed by atoms with Crippen molar-refractivity contribution in [3.63, 3.8) is 0 Å². The van der Waals surface area contributed by atoms with Gasteiger partial charge in [0.05, 0.1) is 13.2 Å². The minimum Gasteiger partial charge on any atom is -0.395 e. The third-order valence-corrected chi connectivity index (χ3v) is 3.84. The maximum atomic E-state index is 9.15. The lowest BCUT2D eigenvalue weighted by atomic mass is 10.0. The number of ether oxygens (including phenoxy) is 1. The van der Waals surface area contributed by atoms with E-state index in [1.54, 1.807) is 7.11 Å². The topological polar surface area (TPSA) is 44.7 Å². The lowest BCUT2D eigenvalue weighted by molar-refractivity contribution is 0.127. The summed E-state index contributed by atoms with van der Waals surface area (Å²) in [7, 11) is 1.70. The second-order valence-electron chi connectivity index (χ2n) is 4.98. The van der Waals surface area contributed by atoms with E-state index in [4.69, 9.17) is 21.4 Å². The van der Waals surface area contributed by atoms with Crippen molar-refractivity contribution in [1.29, 1.82) is 0 Å². The van der Waals surface area contributed by atoms with Gasteiger partial charge in [0.25, 0.3) is 0 Å². The van der Waals surface area contributed by atoms with Gasteiger partial charge in [0.2, 0.25) is 0 Å². The first-order chi connectivity index (χ1) is 10.2. The molecule has 2 N–H and O–H groups in total. The van der Waals surface area contributed by atoms with Crippen molar-refractivity contribution in [1.82, 2.24) is 10.2 Å². The fraction of sp³-hybridized carbons (Fsp3) is 0.625. The molecule has 0 aromatic heterocycles. The molecule has 1 unspecified atom stereocenters. The third kappa shape index (κ3) is 6.76. The molecule has 120 valence electrons. The third-order valence-electron chi connectivity index (χ3n) is 3.49. The highest BCUT2D eigenvalue weighted by molar-refractivity contribution is 6.31. The van der Waals surface area contributed by atoms with Crippen LogP contribution in [0.25, 0.3) is 0 Å². The minimum absolute atomic E-state index is 0.168. The Balaban J connectivity index is 2.62. The fourth-order valence-corrected chi connectivity index (χ4v) is 2.65. The second kappa shape index (κ2) is 11.0. The molecular formula is C16H27ClN2O2. The first kappa shape index (κ1) is 18.4. The predicted molar refractivity (Wildman–Crippen MR) is 87.9 cm³/mol. The number of benzene rings is 1. The molecule has 4 nitrogen and oxygen atoms in total. The number of hydrogen-bond donors (Lipinski definition) is 2. The van der Waals surface area contributed by atoms with E-state index in [-0.39, 0.29) is 12.6 Å². The Kier molecular flexibility index (Phi) is 9.63. The molecule has 1 rings (SSSR count). The summed E-state index contributed by atoms with van der Waals surface area (Å²) in [4.78, 5) is 2.21. The van der Waals surface area contributed by atoms with Crippen LogP contribution in [0, 0.1) is 0 Å². The van der Waals surface area contributed by atoms with Gasteiger partial charge in [-0.1, -0.05) is 36.7 Å². The summed E-state index contributed by atoms with van der Waals surface area (Å²) in [5.74, 6) is 0. The van der Waals surface area contributed by atoms with Crippen molar-refractivity contribution >= 4 is 11.6 Å². The summed E-state index contributed by atoms with van der Waals surface area (Å²) < 4.78 is 5.12. The van der Waals surface area contributed by atoms with E-state index < -0.39 is 0 Å². The molecule has 1 atom stereocenters. The molecule has 0 fully saturated rings. The lowest BCUT2D eigenvalue weighted by Crippen LogP contribution is -2.34. The molecule has 0 radical (unpaired) electrons. The first-order valence-corrected chi connectivity index (χ1v) is 7.90. The molecule has 0 aliphatic heterocycles. The molecule has 5 heteroatoms. The van der Waals surface area contributed by atoms with Gasteiger partial charge in [-0.15, -0.1) is 0 Å². The molecule has 0 saturated carbocycles. The predicted octanol–water partition coefficient (Wildman–Crippen LogP) is 2.32. The highest BCUT2D eigenvalue weighted by Crippen LogP contribution is 2.25. The number of halogens is 1. The summed E-state index contributed by atoms with van der Waals surface area (Å²) in [6.45, 7) is 6.24. The summed E-state index contributed by atoms with van der Waals surface area (Å²) in [6.07, 6.45) is 0.946. The van der Waals surface area contributed by atoms with E-state index in [0.717, 1.165) is 36.6 Å². The van der Waals surface area contributed by atoms with Gasteiger partial charge >= 0.3 is 0 Å². The Morgan fingerprint density at radius 3 is 2.67 bits per heavy atom. The van der Waals surface area contributed by atoms with Crippen LogP contribution in [0.15, 0.2) is 24.3 Å². The summed E-state index contributed by atoms with van der Waals surface area (Å²) >= 11 is 6.30.